The Hall–Kier alpha value is -2.08. The minimum Gasteiger partial charge on any atom is -0.440 e. The average Bonchev–Trinajstić information content (AvgIpc) is 2.88. The van der Waals surface area contributed by atoms with Gasteiger partial charge in [0.15, 0.2) is 12.0 Å². The lowest BCUT2D eigenvalue weighted by atomic mass is 10.2. The number of carbonyl (C=O) groups excluding carboxylic acids is 1. The molecular formula is C13H13NO4S. The summed E-state index contributed by atoms with van der Waals surface area (Å²) in [6, 6.07) is 9.64. The molecule has 0 atom stereocenters. The van der Waals surface area contributed by atoms with Crippen molar-refractivity contribution in [2.75, 3.05) is 11.4 Å². The second-order valence-corrected chi connectivity index (χ2v) is 5.98. The SMILES string of the molecule is Cc1ccc(N(C)S(=O)(=O)c2ccc(C=O)o2)cc1. The second-order valence-electron chi connectivity index (χ2n) is 4.08. The number of hydrogen-bond acceptors (Lipinski definition) is 4. The van der Waals surface area contributed by atoms with Crippen molar-refractivity contribution in [3.63, 3.8) is 0 Å². The van der Waals surface area contributed by atoms with Gasteiger partial charge in [-0.2, -0.15) is 8.42 Å². The fourth-order valence-electron chi connectivity index (χ4n) is 1.56. The molecule has 2 aromatic rings. The third kappa shape index (κ3) is 2.53. The van der Waals surface area contributed by atoms with E-state index >= 15 is 0 Å². The van der Waals surface area contributed by atoms with Crippen LogP contribution in [0.1, 0.15) is 16.1 Å². The minimum absolute atomic E-state index is 0.0177. The minimum atomic E-state index is -3.79. The number of nitrogens with zero attached hydrogens (tertiary/aromatic N) is 1. The number of rotatable bonds is 4. The Morgan fingerprint density at radius 1 is 1.11 bits per heavy atom. The van der Waals surface area contributed by atoms with Crippen LogP contribution in [-0.4, -0.2) is 21.8 Å². The van der Waals surface area contributed by atoms with Gasteiger partial charge in [-0.15, -0.1) is 0 Å². The van der Waals surface area contributed by atoms with Gasteiger partial charge in [-0.1, -0.05) is 17.7 Å². The van der Waals surface area contributed by atoms with E-state index in [9.17, 15) is 13.2 Å². The monoisotopic (exact) mass is 279 g/mol. The molecule has 100 valence electrons. The van der Waals surface area contributed by atoms with E-state index in [4.69, 9.17) is 4.42 Å². The number of aryl methyl sites for hydroxylation is 1. The molecule has 0 radical (unpaired) electrons. The zero-order valence-electron chi connectivity index (χ0n) is 10.5. The molecule has 1 heterocycles. The van der Waals surface area contributed by atoms with Gasteiger partial charge in [-0.3, -0.25) is 9.10 Å². The molecule has 0 unspecified atom stereocenters. The van der Waals surface area contributed by atoms with Crippen molar-refractivity contribution in [1.29, 1.82) is 0 Å². The molecule has 1 aromatic heterocycles. The lowest BCUT2D eigenvalue weighted by Gasteiger charge is -2.17. The number of benzene rings is 1. The smallest absolute Gasteiger partial charge is 0.297 e. The number of carbonyl (C=O) groups is 1. The lowest BCUT2D eigenvalue weighted by Crippen LogP contribution is -2.26. The molecule has 0 aliphatic heterocycles. The van der Waals surface area contributed by atoms with Crippen molar-refractivity contribution in [3.05, 3.63) is 47.7 Å². The van der Waals surface area contributed by atoms with Crippen LogP contribution < -0.4 is 4.31 Å². The summed E-state index contributed by atoms with van der Waals surface area (Å²) in [5, 5.41) is -0.252. The summed E-state index contributed by atoms with van der Waals surface area (Å²) < 4.78 is 30.6. The maximum absolute atomic E-state index is 12.3. The van der Waals surface area contributed by atoms with Crippen LogP contribution in [0, 0.1) is 6.92 Å². The van der Waals surface area contributed by atoms with Gasteiger partial charge in [-0.25, -0.2) is 0 Å². The fraction of sp³-hybridized carbons (Fsp3) is 0.154. The van der Waals surface area contributed by atoms with E-state index in [1.54, 1.807) is 12.1 Å². The van der Waals surface area contributed by atoms with Gasteiger partial charge >= 0.3 is 0 Å². The number of sulfonamides is 1. The number of hydrogen-bond donors (Lipinski definition) is 0. The summed E-state index contributed by atoms with van der Waals surface area (Å²) in [6.07, 6.45) is 0.463. The molecule has 0 fully saturated rings. The Morgan fingerprint density at radius 3 is 2.26 bits per heavy atom. The van der Waals surface area contributed by atoms with E-state index in [1.165, 1.54) is 19.2 Å². The van der Waals surface area contributed by atoms with E-state index in [1.807, 2.05) is 19.1 Å². The van der Waals surface area contributed by atoms with Crippen molar-refractivity contribution in [1.82, 2.24) is 0 Å². The molecular weight excluding hydrogens is 266 g/mol. The third-order valence-electron chi connectivity index (χ3n) is 2.73. The van der Waals surface area contributed by atoms with Gasteiger partial charge < -0.3 is 4.42 Å². The summed E-state index contributed by atoms with van der Waals surface area (Å²) >= 11 is 0. The fourth-order valence-corrected chi connectivity index (χ4v) is 2.68. The Morgan fingerprint density at radius 2 is 1.74 bits per heavy atom. The molecule has 5 nitrogen and oxygen atoms in total. The molecule has 0 aliphatic carbocycles. The van der Waals surface area contributed by atoms with E-state index in [-0.39, 0.29) is 10.9 Å². The standard InChI is InChI=1S/C13H13NO4S/c1-10-3-5-11(6-4-10)14(2)19(16,17)13-8-7-12(9-15)18-13/h3-9H,1-2H3. The first kappa shape index (κ1) is 13.4. The van der Waals surface area contributed by atoms with Gasteiger partial charge in [0.25, 0.3) is 10.0 Å². The predicted octanol–water partition coefficient (Wildman–Crippen LogP) is 2.23. The van der Waals surface area contributed by atoms with Crippen LogP contribution in [-0.2, 0) is 10.0 Å². The normalized spacial score (nSPS) is 11.3. The van der Waals surface area contributed by atoms with E-state index < -0.39 is 10.0 Å². The highest BCUT2D eigenvalue weighted by atomic mass is 32.2. The van der Waals surface area contributed by atoms with Crippen molar-refractivity contribution in [2.24, 2.45) is 0 Å². The molecule has 19 heavy (non-hydrogen) atoms. The van der Waals surface area contributed by atoms with Crippen LogP contribution in [0.4, 0.5) is 5.69 Å². The average molecular weight is 279 g/mol. The first-order valence-electron chi connectivity index (χ1n) is 5.56. The summed E-state index contributed by atoms with van der Waals surface area (Å²) in [5.74, 6) is -0.0177. The molecule has 0 aliphatic rings. The van der Waals surface area contributed by atoms with Gasteiger partial charge in [0.2, 0.25) is 5.09 Å². The zero-order valence-corrected chi connectivity index (χ0v) is 11.3. The Kier molecular flexibility index (Phi) is 3.44. The zero-order chi connectivity index (χ0) is 14.0. The van der Waals surface area contributed by atoms with Crippen molar-refractivity contribution < 1.29 is 17.6 Å². The topological polar surface area (TPSA) is 67.6 Å². The molecule has 0 amide bonds. The third-order valence-corrected chi connectivity index (χ3v) is 4.39. The molecule has 0 spiro atoms. The maximum atomic E-state index is 12.3. The highest BCUT2D eigenvalue weighted by molar-refractivity contribution is 7.92. The largest absolute Gasteiger partial charge is 0.440 e. The maximum Gasteiger partial charge on any atom is 0.297 e. The van der Waals surface area contributed by atoms with Crippen LogP contribution in [0.2, 0.25) is 0 Å². The van der Waals surface area contributed by atoms with Gasteiger partial charge in [0, 0.05) is 7.05 Å². The first-order valence-corrected chi connectivity index (χ1v) is 7.00. The van der Waals surface area contributed by atoms with Crippen molar-refractivity contribution in [2.45, 2.75) is 12.0 Å². The number of anilines is 1. The van der Waals surface area contributed by atoms with Gasteiger partial charge in [0.1, 0.15) is 0 Å². The van der Waals surface area contributed by atoms with Crippen LogP contribution >= 0.6 is 0 Å². The highest BCUT2D eigenvalue weighted by Gasteiger charge is 2.24. The van der Waals surface area contributed by atoms with Crippen LogP contribution in [0.5, 0.6) is 0 Å². The van der Waals surface area contributed by atoms with Crippen LogP contribution in [0.25, 0.3) is 0 Å². The molecule has 0 N–H and O–H groups in total. The Bertz CT molecular complexity index is 686. The van der Waals surface area contributed by atoms with Crippen molar-refractivity contribution >= 4 is 22.0 Å². The predicted molar refractivity (Wildman–Crippen MR) is 70.9 cm³/mol. The van der Waals surface area contributed by atoms with Crippen molar-refractivity contribution in [3.8, 4) is 0 Å². The number of aldehydes is 1. The molecule has 0 saturated carbocycles. The molecule has 6 heteroatoms. The van der Waals surface area contributed by atoms with Crippen LogP contribution in [0.3, 0.4) is 0 Å². The Balaban J connectivity index is 2.38. The summed E-state index contributed by atoms with van der Waals surface area (Å²) in [4.78, 5) is 10.5. The summed E-state index contributed by atoms with van der Waals surface area (Å²) in [6.45, 7) is 1.92. The van der Waals surface area contributed by atoms with E-state index in [0.29, 0.717) is 12.0 Å². The van der Waals surface area contributed by atoms with Gasteiger partial charge in [-0.05, 0) is 31.2 Å². The lowest BCUT2D eigenvalue weighted by molar-refractivity contribution is 0.109. The highest BCUT2D eigenvalue weighted by Crippen LogP contribution is 2.23. The summed E-state index contributed by atoms with van der Waals surface area (Å²) in [5.41, 5.74) is 1.56. The second kappa shape index (κ2) is 4.89. The van der Waals surface area contributed by atoms with Crippen LogP contribution in [0.15, 0.2) is 45.9 Å². The van der Waals surface area contributed by atoms with Gasteiger partial charge in [0.05, 0.1) is 5.69 Å². The molecule has 0 bridgehead atoms. The quantitative estimate of drug-likeness (QED) is 0.805. The Labute approximate surface area is 111 Å². The number of furan rings is 1. The van der Waals surface area contributed by atoms with E-state index in [2.05, 4.69) is 0 Å². The molecule has 0 saturated heterocycles. The molecule has 1 aromatic carbocycles. The molecule has 2 rings (SSSR count). The first-order chi connectivity index (χ1) is 8.95. The summed E-state index contributed by atoms with van der Waals surface area (Å²) in [7, 11) is -2.35. The van der Waals surface area contributed by atoms with E-state index in [0.717, 1.165) is 9.87 Å².